The fourth-order valence-electron chi connectivity index (χ4n) is 4.72. The molecule has 0 spiro atoms. The monoisotopic (exact) mass is 577 g/mol. The maximum Gasteiger partial charge on any atom is 2.00 e. The predicted octanol–water partition coefficient (Wildman–Crippen LogP) is 1.50. The second kappa shape index (κ2) is 14.5. The molecule has 0 amide bonds. The summed E-state index contributed by atoms with van der Waals surface area (Å²) in [6.07, 6.45) is 7.09. The summed E-state index contributed by atoms with van der Waals surface area (Å²) in [5.74, 6) is 1.88. The Labute approximate surface area is 242 Å². The van der Waals surface area contributed by atoms with Crippen molar-refractivity contribution in [3.05, 3.63) is 66.7 Å². The van der Waals surface area contributed by atoms with Crippen LogP contribution in [-0.2, 0) is 30.2 Å². The number of halogens is 2. The zero-order valence-corrected chi connectivity index (χ0v) is 24.0. The third kappa shape index (κ3) is 6.56. The molecule has 0 radical (unpaired) electrons. The third-order valence-electron chi connectivity index (χ3n) is 6.49. The number of para-hydroxylation sites is 4. The Balaban J connectivity index is 0.00000160. The molecule has 0 saturated carbocycles. The van der Waals surface area contributed by atoms with E-state index in [0.29, 0.717) is 0 Å². The molecule has 0 fully saturated rings. The van der Waals surface area contributed by atoms with Gasteiger partial charge in [0.05, 0.1) is 22.1 Å². The smallest absolute Gasteiger partial charge is 1.00 e. The Bertz CT molecular complexity index is 1310. The molecular weight excluding hydrogens is 545 g/mol. The molecule has 3 aromatic heterocycles. The quantitative estimate of drug-likeness (QED) is 0.187. The van der Waals surface area contributed by atoms with Crippen LogP contribution in [0.3, 0.4) is 0 Å². The van der Waals surface area contributed by atoms with E-state index in [0.717, 1.165) is 60.0 Å². The maximum atomic E-state index is 5.11. The number of unbranched alkanes of at least 4 members (excludes halogenated alkanes) is 4. The van der Waals surface area contributed by atoms with Crippen LogP contribution < -0.4 is 24.8 Å². The number of imidazole rings is 2. The minimum Gasteiger partial charge on any atom is -1.00 e. The second-order valence-corrected chi connectivity index (χ2v) is 8.97. The fraction of sp³-hybridized carbons (Fsp3) is 0.345. The van der Waals surface area contributed by atoms with E-state index < -0.39 is 0 Å². The van der Waals surface area contributed by atoms with Crippen LogP contribution in [0.2, 0.25) is 0 Å². The summed E-state index contributed by atoms with van der Waals surface area (Å²) in [5, 5.41) is 0. The maximum absolute atomic E-state index is 5.11. The molecule has 8 heteroatoms. The molecule has 0 saturated heterocycles. The van der Waals surface area contributed by atoms with Crippen molar-refractivity contribution < 1.29 is 41.9 Å². The van der Waals surface area contributed by atoms with E-state index in [-0.39, 0.29) is 41.9 Å². The van der Waals surface area contributed by atoms with Crippen LogP contribution in [0.5, 0.6) is 0 Å². The summed E-state index contributed by atoms with van der Waals surface area (Å²) in [4.78, 5) is 15.1. The molecule has 5 rings (SSSR count). The van der Waals surface area contributed by atoms with Gasteiger partial charge in [0.15, 0.2) is 11.6 Å². The zero-order valence-electron chi connectivity index (χ0n) is 21.4. The second-order valence-electron chi connectivity index (χ2n) is 8.97. The first-order valence-corrected chi connectivity index (χ1v) is 12.7. The van der Waals surface area contributed by atoms with Crippen LogP contribution in [-0.4, -0.2) is 24.1 Å². The topological polar surface area (TPSA) is 48.5 Å². The summed E-state index contributed by atoms with van der Waals surface area (Å²) in [7, 11) is 0. The van der Waals surface area contributed by atoms with E-state index in [9.17, 15) is 0 Å². The minimum atomic E-state index is 0. The van der Waals surface area contributed by atoms with Gasteiger partial charge in [0.25, 0.3) is 0 Å². The van der Waals surface area contributed by atoms with Gasteiger partial charge >= 0.3 is 17.1 Å². The van der Waals surface area contributed by atoms with Gasteiger partial charge in [-0.25, -0.2) is 15.0 Å². The summed E-state index contributed by atoms with van der Waals surface area (Å²) < 4.78 is 4.67. The summed E-state index contributed by atoms with van der Waals surface area (Å²) in [6, 6.07) is 23.0. The number of pyridine rings is 1. The number of nitrogens with zero attached hydrogens (tertiary/aromatic N) is 5. The Morgan fingerprint density at radius 3 is 1.41 bits per heavy atom. The van der Waals surface area contributed by atoms with Crippen LogP contribution >= 0.6 is 0 Å². The minimum absolute atomic E-state index is 0. The number of aryl methyl sites for hydroxylation is 2. The third-order valence-corrected chi connectivity index (χ3v) is 6.49. The van der Waals surface area contributed by atoms with E-state index in [1.54, 1.807) is 0 Å². The van der Waals surface area contributed by atoms with E-state index >= 15 is 0 Å². The van der Waals surface area contributed by atoms with Gasteiger partial charge in [0.2, 0.25) is 0 Å². The van der Waals surface area contributed by atoms with Gasteiger partial charge in [0.1, 0.15) is 11.4 Å². The molecule has 2 aromatic carbocycles. The SMILES string of the molecule is CCCCCn1c(-c2cccc(-c3nc4ccccc4n3CCCCC)n2)nc2ccccc21.[Cl-].[Cl-].[Fe+2]. The van der Waals surface area contributed by atoms with Crippen molar-refractivity contribution in [2.24, 2.45) is 0 Å². The predicted molar refractivity (Wildman–Crippen MR) is 141 cm³/mol. The van der Waals surface area contributed by atoms with Gasteiger partial charge in [-0.2, -0.15) is 0 Å². The molecule has 0 aliphatic rings. The average Bonchev–Trinajstić information content (AvgIpc) is 3.43. The first-order valence-electron chi connectivity index (χ1n) is 12.7. The molecule has 5 aromatic rings. The van der Waals surface area contributed by atoms with E-state index in [1.807, 2.05) is 0 Å². The normalized spacial score (nSPS) is 10.6. The van der Waals surface area contributed by atoms with Gasteiger partial charge in [-0.3, -0.25) is 0 Å². The van der Waals surface area contributed by atoms with Crippen molar-refractivity contribution in [1.82, 2.24) is 24.1 Å². The summed E-state index contributed by atoms with van der Waals surface area (Å²) in [6.45, 7) is 6.38. The van der Waals surface area contributed by atoms with Gasteiger partial charge in [0, 0.05) is 13.1 Å². The summed E-state index contributed by atoms with van der Waals surface area (Å²) in [5.41, 5.74) is 6.19. The van der Waals surface area contributed by atoms with E-state index in [1.165, 1.54) is 36.7 Å². The van der Waals surface area contributed by atoms with E-state index in [4.69, 9.17) is 15.0 Å². The zero-order chi connectivity index (χ0) is 23.3. The molecule has 0 aliphatic carbocycles. The van der Waals surface area contributed by atoms with Crippen LogP contribution in [0, 0.1) is 0 Å². The number of hydrogen-bond donors (Lipinski definition) is 0. The molecule has 0 N–H and O–H groups in total. The van der Waals surface area contributed by atoms with Gasteiger partial charge in [-0.15, -0.1) is 0 Å². The van der Waals surface area contributed by atoms with Crippen LogP contribution in [0.4, 0.5) is 0 Å². The number of benzene rings is 2. The molecule has 0 bridgehead atoms. The number of aromatic nitrogens is 5. The standard InChI is InChI=1S/C29H33N5.2ClH.Fe/c1-3-5-11-20-33-26-18-9-7-14-22(26)31-28(33)24-16-13-17-25(30-24)29-32-23-15-8-10-19-27(23)34(29)21-12-6-4-2;;;/h7-10,13-19H,3-6,11-12,20-21H2,1-2H3;2*1H;/q;;;+2/p-2. The molecule has 5 nitrogen and oxygen atoms in total. The molecule has 37 heavy (non-hydrogen) atoms. The van der Waals surface area contributed by atoms with E-state index in [2.05, 4.69) is 89.7 Å². The summed E-state index contributed by atoms with van der Waals surface area (Å²) >= 11 is 0. The van der Waals surface area contributed by atoms with Crippen molar-refractivity contribution in [1.29, 1.82) is 0 Å². The number of hydrogen-bond acceptors (Lipinski definition) is 3. The largest absolute Gasteiger partial charge is 2.00 e. The van der Waals surface area contributed by atoms with Gasteiger partial charge in [-0.05, 0) is 49.2 Å². The average molecular weight is 578 g/mol. The first kappa shape index (κ1) is 30.9. The van der Waals surface area contributed by atoms with Crippen LogP contribution in [0.15, 0.2) is 66.7 Å². The molecule has 3 heterocycles. The van der Waals surface area contributed by atoms with Crippen molar-refractivity contribution >= 4 is 22.1 Å². The first-order chi connectivity index (χ1) is 16.8. The Morgan fingerprint density at radius 1 is 0.541 bits per heavy atom. The van der Waals surface area contributed by atoms with Gasteiger partial charge < -0.3 is 33.9 Å². The molecular formula is C29H33Cl2FeN5. The molecule has 0 unspecified atom stereocenters. The Kier molecular flexibility index (Phi) is 12.1. The van der Waals surface area contributed by atoms with Gasteiger partial charge in [-0.1, -0.05) is 69.9 Å². The molecule has 0 atom stereocenters. The van der Waals surface area contributed by atoms with Crippen molar-refractivity contribution in [3.8, 4) is 23.0 Å². The Morgan fingerprint density at radius 2 is 0.973 bits per heavy atom. The fourth-order valence-corrected chi connectivity index (χ4v) is 4.72. The van der Waals surface area contributed by atoms with Crippen LogP contribution in [0.25, 0.3) is 45.1 Å². The van der Waals surface area contributed by atoms with Crippen LogP contribution in [0.1, 0.15) is 52.4 Å². The number of fused-ring (bicyclic) bond motifs is 2. The number of rotatable bonds is 10. The van der Waals surface area contributed by atoms with Crippen molar-refractivity contribution in [2.75, 3.05) is 0 Å². The van der Waals surface area contributed by atoms with Crippen molar-refractivity contribution in [2.45, 2.75) is 65.5 Å². The Hall–Kier alpha value is -2.37. The van der Waals surface area contributed by atoms with Crippen molar-refractivity contribution in [3.63, 3.8) is 0 Å². The molecule has 0 aliphatic heterocycles. The molecule has 196 valence electrons.